The van der Waals surface area contributed by atoms with Crippen LogP contribution in [0.4, 0.5) is 4.39 Å². The summed E-state index contributed by atoms with van der Waals surface area (Å²) in [6.07, 6.45) is 3.79. The normalized spacial score (nSPS) is 23.8. The van der Waals surface area contributed by atoms with Gasteiger partial charge in [0.25, 0.3) is 5.91 Å². The van der Waals surface area contributed by atoms with Gasteiger partial charge in [0, 0.05) is 25.4 Å². The number of fused-ring (bicyclic) bond motifs is 2. The molecule has 28 heavy (non-hydrogen) atoms. The summed E-state index contributed by atoms with van der Waals surface area (Å²) in [4.78, 5) is 38.1. The minimum Gasteiger partial charge on any atom is -0.494 e. The molecule has 1 aromatic rings. The Morgan fingerprint density at radius 3 is 2.50 bits per heavy atom. The highest BCUT2D eigenvalue weighted by Gasteiger charge is 2.41. The highest BCUT2D eigenvalue weighted by Crippen LogP contribution is 2.40. The summed E-state index contributed by atoms with van der Waals surface area (Å²) in [7, 11) is 2.96. The Bertz CT molecular complexity index is 749. The van der Waals surface area contributed by atoms with Crippen LogP contribution in [0, 0.1) is 23.6 Å². The molecule has 3 rings (SSSR count). The molecule has 2 fully saturated rings. The summed E-state index contributed by atoms with van der Waals surface area (Å²) in [6.45, 7) is -0.160. The number of hydrogen-bond acceptors (Lipinski definition) is 5. The lowest BCUT2D eigenvalue weighted by Gasteiger charge is -2.36. The Kier molecular flexibility index (Phi) is 6.31. The molecule has 3 atom stereocenters. The van der Waals surface area contributed by atoms with Crippen molar-refractivity contribution in [2.45, 2.75) is 38.6 Å². The molecule has 2 aliphatic carbocycles. The van der Waals surface area contributed by atoms with Crippen LogP contribution in [0.3, 0.4) is 0 Å². The van der Waals surface area contributed by atoms with Crippen LogP contribution in [0.15, 0.2) is 18.2 Å². The summed E-state index contributed by atoms with van der Waals surface area (Å²) >= 11 is 0. The number of nitrogens with zero attached hydrogens (tertiary/aromatic N) is 1. The maximum absolute atomic E-state index is 13.8. The van der Waals surface area contributed by atoms with Gasteiger partial charge in [-0.05, 0) is 43.4 Å². The molecule has 0 saturated heterocycles. The molecule has 0 aliphatic heterocycles. The fourth-order valence-electron chi connectivity index (χ4n) is 4.20. The fraction of sp³-hybridized carbons (Fsp3) is 0.571. The van der Waals surface area contributed by atoms with E-state index in [2.05, 4.69) is 0 Å². The lowest BCUT2D eigenvalue weighted by Crippen LogP contribution is -2.40. The topological polar surface area (TPSA) is 72.9 Å². The molecule has 2 aliphatic rings. The predicted octanol–water partition coefficient (Wildman–Crippen LogP) is 2.73. The van der Waals surface area contributed by atoms with Crippen LogP contribution >= 0.6 is 0 Å². The Morgan fingerprint density at radius 2 is 1.89 bits per heavy atom. The van der Waals surface area contributed by atoms with E-state index in [1.165, 1.54) is 24.1 Å². The van der Waals surface area contributed by atoms with E-state index in [4.69, 9.17) is 9.47 Å². The summed E-state index contributed by atoms with van der Waals surface area (Å²) in [5.74, 6) is -1.20. The highest BCUT2D eigenvalue weighted by molar-refractivity contribution is 5.88. The smallest absolute Gasteiger partial charge is 0.309 e. The lowest BCUT2D eigenvalue weighted by molar-refractivity contribution is -0.158. The average molecular weight is 391 g/mol. The third-order valence-electron chi connectivity index (χ3n) is 5.78. The first-order valence-electron chi connectivity index (χ1n) is 9.65. The third kappa shape index (κ3) is 4.51. The molecule has 2 bridgehead atoms. The van der Waals surface area contributed by atoms with Crippen molar-refractivity contribution in [2.75, 3.05) is 20.8 Å². The first-order chi connectivity index (χ1) is 13.4. The van der Waals surface area contributed by atoms with Crippen molar-refractivity contribution < 1.29 is 28.2 Å². The van der Waals surface area contributed by atoms with E-state index in [1.54, 1.807) is 13.1 Å². The zero-order valence-corrected chi connectivity index (χ0v) is 16.3. The monoisotopic (exact) mass is 391 g/mol. The van der Waals surface area contributed by atoms with Crippen molar-refractivity contribution in [1.82, 2.24) is 4.90 Å². The molecule has 1 amide bonds. The van der Waals surface area contributed by atoms with Crippen LogP contribution in [0.5, 0.6) is 5.75 Å². The van der Waals surface area contributed by atoms with Crippen LogP contribution in [0.25, 0.3) is 0 Å². The summed E-state index contributed by atoms with van der Waals surface area (Å²) in [5, 5.41) is 0. The quantitative estimate of drug-likeness (QED) is 0.697. The van der Waals surface area contributed by atoms with Gasteiger partial charge in [0.2, 0.25) is 0 Å². The van der Waals surface area contributed by atoms with Crippen LogP contribution < -0.4 is 4.74 Å². The zero-order chi connectivity index (χ0) is 20.3. The molecule has 7 heteroatoms. The van der Waals surface area contributed by atoms with Gasteiger partial charge in [-0.2, -0.15) is 0 Å². The molecule has 152 valence electrons. The molecule has 1 unspecified atom stereocenters. The number of Topliss-reactive ketones (excluding diaryl/α,β-unsaturated/α-hetero) is 1. The van der Waals surface area contributed by atoms with Gasteiger partial charge >= 0.3 is 5.97 Å². The molecule has 6 nitrogen and oxygen atoms in total. The summed E-state index contributed by atoms with van der Waals surface area (Å²) < 4.78 is 23.9. The number of rotatable bonds is 6. The van der Waals surface area contributed by atoms with E-state index in [1.807, 2.05) is 0 Å². The molecule has 0 heterocycles. The zero-order valence-electron chi connectivity index (χ0n) is 16.3. The van der Waals surface area contributed by atoms with Gasteiger partial charge < -0.3 is 14.4 Å². The van der Waals surface area contributed by atoms with Gasteiger partial charge in [-0.25, -0.2) is 4.39 Å². The van der Waals surface area contributed by atoms with E-state index in [-0.39, 0.29) is 48.3 Å². The van der Waals surface area contributed by atoms with Gasteiger partial charge in [0.05, 0.1) is 13.0 Å². The van der Waals surface area contributed by atoms with Gasteiger partial charge in [-0.1, -0.05) is 12.5 Å². The molecular weight excluding hydrogens is 365 g/mol. The highest BCUT2D eigenvalue weighted by atomic mass is 19.1. The van der Waals surface area contributed by atoms with Crippen LogP contribution in [0.2, 0.25) is 0 Å². The van der Waals surface area contributed by atoms with E-state index < -0.39 is 11.8 Å². The number of likely N-dealkylation sites (N-methyl/N-ethyl adjacent to an activating group) is 1. The first kappa shape index (κ1) is 20.3. The third-order valence-corrected chi connectivity index (χ3v) is 5.78. The number of hydrogen-bond donors (Lipinski definition) is 0. The van der Waals surface area contributed by atoms with E-state index in [0.29, 0.717) is 18.4 Å². The van der Waals surface area contributed by atoms with Crippen molar-refractivity contribution in [3.05, 3.63) is 29.6 Å². The number of methoxy groups -OCH3 is 1. The second-order valence-corrected chi connectivity index (χ2v) is 7.72. The Labute approximate surface area is 164 Å². The van der Waals surface area contributed by atoms with Gasteiger partial charge in [0.15, 0.2) is 18.2 Å². The van der Waals surface area contributed by atoms with Crippen LogP contribution in [-0.4, -0.2) is 43.3 Å². The second-order valence-electron chi connectivity index (χ2n) is 7.72. The maximum Gasteiger partial charge on any atom is 0.309 e. The number of carbonyl (C=O) groups excluding carboxylic acids is 3. The number of esters is 1. The van der Waals surface area contributed by atoms with E-state index in [9.17, 15) is 18.8 Å². The number of halogens is 1. The lowest BCUT2D eigenvalue weighted by atomic mass is 9.67. The van der Waals surface area contributed by atoms with Crippen LogP contribution in [0.1, 0.15) is 37.7 Å². The van der Waals surface area contributed by atoms with E-state index in [0.717, 1.165) is 19.3 Å². The predicted molar refractivity (Wildman–Crippen MR) is 98.9 cm³/mol. The van der Waals surface area contributed by atoms with Crippen molar-refractivity contribution in [1.29, 1.82) is 0 Å². The molecule has 1 aromatic carbocycles. The number of benzene rings is 1. The summed E-state index contributed by atoms with van der Waals surface area (Å²) in [6, 6.07) is 4.49. The van der Waals surface area contributed by atoms with E-state index >= 15 is 0 Å². The standard InChI is InChI=1S/C21H26FNO5/c1-23(11-13-6-7-18(27-2)17(22)8-13)19(24)12-28-21(26)16-9-14-4-3-5-15(10-16)20(14)25/h6-8,14-16H,3-5,9-12H2,1-2H3/t14-,15+,16?. The number of carbonyl (C=O) groups is 3. The van der Waals surface area contributed by atoms with Gasteiger partial charge in [0.1, 0.15) is 5.78 Å². The fourth-order valence-corrected chi connectivity index (χ4v) is 4.20. The number of ether oxygens (including phenoxy) is 2. The minimum absolute atomic E-state index is 0.0339. The largest absolute Gasteiger partial charge is 0.494 e. The SMILES string of the molecule is COc1ccc(CN(C)C(=O)COC(=O)C2C[C@H]3CCC[C@@H](C2)C3=O)cc1F. The molecular formula is C21H26FNO5. The maximum atomic E-state index is 13.8. The molecule has 0 aromatic heterocycles. The number of amides is 1. The van der Waals surface area contributed by atoms with Gasteiger partial charge in [-0.3, -0.25) is 14.4 Å². The second kappa shape index (κ2) is 8.71. The first-order valence-corrected chi connectivity index (χ1v) is 9.65. The van der Waals surface area contributed by atoms with Gasteiger partial charge in [-0.15, -0.1) is 0 Å². The average Bonchev–Trinajstić information content (AvgIpc) is 2.65. The van der Waals surface area contributed by atoms with Crippen molar-refractivity contribution in [3.63, 3.8) is 0 Å². The Balaban J connectivity index is 1.48. The molecule has 0 radical (unpaired) electrons. The minimum atomic E-state index is -0.496. The van der Waals surface area contributed by atoms with Crippen LogP contribution in [-0.2, 0) is 25.7 Å². The van der Waals surface area contributed by atoms with Crippen molar-refractivity contribution in [2.24, 2.45) is 17.8 Å². The summed E-state index contributed by atoms with van der Waals surface area (Å²) in [5.41, 5.74) is 0.610. The Hall–Kier alpha value is -2.44. The van der Waals surface area contributed by atoms with Crippen molar-refractivity contribution >= 4 is 17.7 Å². The number of ketones is 1. The Morgan fingerprint density at radius 1 is 1.21 bits per heavy atom. The molecule has 0 spiro atoms. The molecule has 0 N–H and O–H groups in total. The van der Waals surface area contributed by atoms with Crippen molar-refractivity contribution in [3.8, 4) is 5.75 Å². The molecule has 2 saturated carbocycles.